The van der Waals surface area contributed by atoms with Crippen LogP contribution < -0.4 is 0 Å². The molecule has 121 valence electrons. The summed E-state index contributed by atoms with van der Waals surface area (Å²) in [4.78, 5) is 4.38. The van der Waals surface area contributed by atoms with Gasteiger partial charge in [-0.3, -0.25) is 0 Å². The van der Waals surface area contributed by atoms with E-state index in [9.17, 15) is 13.2 Å². The molecule has 0 bridgehead atoms. The minimum Gasteiger partial charge on any atom is -0.346 e. The molecule has 0 aliphatic carbocycles. The minimum absolute atomic E-state index is 0. The van der Waals surface area contributed by atoms with Crippen molar-refractivity contribution < 1.29 is 33.3 Å². The van der Waals surface area contributed by atoms with Gasteiger partial charge in [0.1, 0.15) is 0 Å². The predicted octanol–water partition coefficient (Wildman–Crippen LogP) is 4.46. The summed E-state index contributed by atoms with van der Waals surface area (Å²) in [5.74, 6) is 0. The van der Waals surface area contributed by atoms with Crippen molar-refractivity contribution in [2.45, 2.75) is 25.4 Å². The summed E-state index contributed by atoms with van der Waals surface area (Å²) in [7, 11) is 0. The Labute approximate surface area is 144 Å². The van der Waals surface area contributed by atoms with E-state index in [1.807, 2.05) is 6.07 Å². The first kappa shape index (κ1) is 16.2. The number of hydrogen-bond donors (Lipinski definition) is 0. The molecule has 23 heavy (non-hydrogen) atoms. The number of fused-ring (bicyclic) bond motifs is 2. The number of halogens is 3. The van der Waals surface area contributed by atoms with Crippen LogP contribution in [0, 0.1) is 6.07 Å². The van der Waals surface area contributed by atoms with Gasteiger partial charge in [-0.05, 0) is 29.0 Å². The molecule has 1 radical (unpaired) electrons. The molecule has 0 N–H and O–H groups in total. The number of rotatable bonds is 0. The summed E-state index contributed by atoms with van der Waals surface area (Å²) in [5, 5.41) is 0. The van der Waals surface area contributed by atoms with Crippen molar-refractivity contribution in [1.82, 2.24) is 9.38 Å². The summed E-state index contributed by atoms with van der Waals surface area (Å²) in [6.07, 6.45) is -2.74. The maximum atomic E-state index is 13.5. The molecule has 0 spiro atoms. The summed E-state index contributed by atoms with van der Waals surface area (Å²) < 4.78 is 42.2. The molecule has 4 rings (SSSR count). The Morgan fingerprint density at radius 3 is 2.65 bits per heavy atom. The van der Waals surface area contributed by atoms with Crippen LogP contribution in [0.2, 0.25) is 0 Å². The van der Waals surface area contributed by atoms with Crippen LogP contribution in [0.25, 0.3) is 16.9 Å². The largest absolute Gasteiger partial charge is 0.418 e. The molecule has 1 aliphatic heterocycles. The number of hydrogen-bond acceptors (Lipinski definition) is 1. The maximum absolute atomic E-state index is 13.5. The second kappa shape index (κ2) is 4.92. The molecule has 0 atom stereocenters. The number of pyridine rings is 2. The Morgan fingerprint density at radius 2 is 1.96 bits per heavy atom. The predicted molar refractivity (Wildman–Crippen MR) is 76.6 cm³/mol. The van der Waals surface area contributed by atoms with Crippen LogP contribution in [0.15, 0.2) is 36.5 Å². The van der Waals surface area contributed by atoms with Crippen LogP contribution in [-0.4, -0.2) is 9.38 Å². The third-order valence-electron chi connectivity index (χ3n) is 4.33. The van der Waals surface area contributed by atoms with E-state index < -0.39 is 17.2 Å². The average Bonchev–Trinajstić information content (AvgIpc) is 2.86. The quantitative estimate of drug-likeness (QED) is 0.423. The molecule has 1 aliphatic rings. The molecule has 0 amide bonds. The third-order valence-corrected chi connectivity index (χ3v) is 4.33. The Kier molecular flexibility index (Phi) is 3.47. The van der Waals surface area contributed by atoms with E-state index in [4.69, 9.17) is 0 Å². The van der Waals surface area contributed by atoms with Gasteiger partial charge in [0.25, 0.3) is 0 Å². The van der Waals surface area contributed by atoms with E-state index in [-0.39, 0.29) is 25.8 Å². The van der Waals surface area contributed by atoms with E-state index in [0.717, 1.165) is 5.56 Å². The summed E-state index contributed by atoms with van der Waals surface area (Å²) in [5.41, 5.74) is 1.45. The van der Waals surface area contributed by atoms with Gasteiger partial charge < -0.3 is 9.38 Å². The Balaban J connectivity index is 0.00000156. The standard InChI is InChI=1S/C17H12F3N2.Ir/c1-16(2)11-6-4-8-21-14(11)13-7-3-5-10-9-12(17(18,19)20)15(16)22(10)13;/h3-6,8-9H,1-2H3;/q-1;. The molecule has 0 saturated carbocycles. The van der Waals surface area contributed by atoms with E-state index in [1.54, 1.807) is 42.6 Å². The zero-order valence-corrected chi connectivity index (χ0v) is 14.7. The van der Waals surface area contributed by atoms with Crippen molar-refractivity contribution >= 4 is 5.52 Å². The monoisotopic (exact) mass is 494 g/mol. The van der Waals surface area contributed by atoms with Crippen molar-refractivity contribution in [2.24, 2.45) is 0 Å². The smallest absolute Gasteiger partial charge is 0.346 e. The summed E-state index contributed by atoms with van der Waals surface area (Å²) in [6.45, 7) is 3.61. The van der Waals surface area contributed by atoms with Crippen LogP contribution in [0.5, 0.6) is 0 Å². The normalized spacial score (nSPS) is 15.2. The first-order valence-corrected chi connectivity index (χ1v) is 6.91. The minimum atomic E-state index is -4.39. The van der Waals surface area contributed by atoms with Crippen LogP contribution in [-0.2, 0) is 31.7 Å². The van der Waals surface area contributed by atoms with Gasteiger partial charge in [-0.25, -0.2) is 0 Å². The van der Waals surface area contributed by atoms with Crippen LogP contribution >= 0.6 is 0 Å². The van der Waals surface area contributed by atoms with Gasteiger partial charge in [-0.15, -0.1) is 6.07 Å². The second-order valence-corrected chi connectivity index (χ2v) is 6.02. The molecule has 3 aromatic rings. The van der Waals surface area contributed by atoms with Crippen LogP contribution in [0.3, 0.4) is 0 Å². The second-order valence-electron chi connectivity index (χ2n) is 6.02. The van der Waals surface area contributed by atoms with Crippen LogP contribution in [0.4, 0.5) is 13.2 Å². The molecule has 4 heterocycles. The molecular weight excluding hydrogens is 481 g/mol. The van der Waals surface area contributed by atoms with Gasteiger partial charge in [-0.2, -0.15) is 25.3 Å². The van der Waals surface area contributed by atoms with Gasteiger partial charge in [0.05, 0.1) is 5.56 Å². The molecule has 3 aromatic heterocycles. The number of nitrogens with zero attached hydrogens (tertiary/aromatic N) is 2. The maximum Gasteiger partial charge on any atom is 0.418 e. The van der Waals surface area contributed by atoms with Crippen LogP contribution in [0.1, 0.15) is 30.7 Å². The van der Waals surface area contributed by atoms with Gasteiger partial charge >= 0.3 is 6.18 Å². The first-order valence-electron chi connectivity index (χ1n) is 6.91. The Bertz CT molecular complexity index is 910. The zero-order chi connectivity index (χ0) is 15.7. The fraction of sp³-hybridized carbons (Fsp3) is 0.235. The van der Waals surface area contributed by atoms with Gasteiger partial charge in [0, 0.05) is 37.4 Å². The van der Waals surface area contributed by atoms with Crippen molar-refractivity contribution in [3.05, 3.63) is 59.4 Å². The Hall–Kier alpha value is -1.65. The van der Waals surface area contributed by atoms with Crippen molar-refractivity contribution in [1.29, 1.82) is 0 Å². The molecule has 0 aromatic carbocycles. The fourth-order valence-corrected chi connectivity index (χ4v) is 3.40. The topological polar surface area (TPSA) is 17.3 Å². The fourth-order valence-electron chi connectivity index (χ4n) is 3.40. The number of aromatic nitrogens is 2. The molecule has 2 nitrogen and oxygen atoms in total. The SMILES string of the molecule is CC1(C)c2cccnc2-c2[c-]ccc3cc(C(F)(F)F)c1n23.[Ir]. The Morgan fingerprint density at radius 1 is 1.22 bits per heavy atom. The van der Waals surface area contributed by atoms with Gasteiger partial charge in [0.15, 0.2) is 0 Å². The van der Waals surface area contributed by atoms with E-state index >= 15 is 0 Å². The van der Waals surface area contributed by atoms with Crippen molar-refractivity contribution in [3.63, 3.8) is 0 Å². The van der Waals surface area contributed by atoms with E-state index in [1.165, 1.54) is 6.07 Å². The molecule has 0 unspecified atom stereocenters. The number of alkyl halides is 3. The molecule has 0 saturated heterocycles. The van der Waals surface area contributed by atoms with Crippen molar-refractivity contribution in [2.75, 3.05) is 0 Å². The average molecular weight is 494 g/mol. The summed E-state index contributed by atoms with van der Waals surface area (Å²) in [6, 6.07) is 11.1. The van der Waals surface area contributed by atoms with Crippen molar-refractivity contribution in [3.8, 4) is 11.4 Å². The summed E-state index contributed by atoms with van der Waals surface area (Å²) >= 11 is 0. The van der Waals surface area contributed by atoms with E-state index in [2.05, 4.69) is 11.1 Å². The third kappa shape index (κ3) is 2.08. The van der Waals surface area contributed by atoms with E-state index in [0.29, 0.717) is 16.9 Å². The van der Waals surface area contributed by atoms with Gasteiger partial charge in [-0.1, -0.05) is 25.5 Å². The first-order chi connectivity index (χ1) is 10.3. The molecular formula is C17H12F3IrN2-. The molecule has 6 heteroatoms. The van der Waals surface area contributed by atoms with Gasteiger partial charge in [0.2, 0.25) is 0 Å². The molecule has 0 fully saturated rings. The zero-order valence-electron chi connectivity index (χ0n) is 12.3.